The molecular weight excluding hydrogens is 300 g/mol. The van der Waals surface area contributed by atoms with Crippen LogP contribution in [0.5, 0.6) is 0 Å². The van der Waals surface area contributed by atoms with Crippen LogP contribution in [-0.2, 0) is 9.59 Å². The molecule has 0 aromatic heterocycles. The summed E-state index contributed by atoms with van der Waals surface area (Å²) in [5.74, 6) is -2.76. The summed E-state index contributed by atoms with van der Waals surface area (Å²) in [6.45, 7) is 3.29. The van der Waals surface area contributed by atoms with Crippen molar-refractivity contribution in [2.75, 3.05) is 6.54 Å². The molecule has 1 aliphatic rings. The molecule has 0 bridgehead atoms. The van der Waals surface area contributed by atoms with Crippen LogP contribution in [0.2, 0.25) is 0 Å². The first-order chi connectivity index (χ1) is 10.8. The van der Waals surface area contributed by atoms with Gasteiger partial charge in [0.2, 0.25) is 5.91 Å². The molecule has 0 unspecified atom stereocenters. The number of hydrogen-bond acceptors (Lipinski definition) is 4. The Kier molecular flexibility index (Phi) is 4.78. The van der Waals surface area contributed by atoms with E-state index >= 15 is 0 Å². The van der Waals surface area contributed by atoms with E-state index in [1.165, 1.54) is 0 Å². The summed E-state index contributed by atoms with van der Waals surface area (Å²) in [5, 5.41) is 11.4. The smallest absolute Gasteiger partial charge is 0.326 e. The molecule has 2 N–H and O–H groups in total. The molecule has 0 aliphatic carbocycles. The Balaban J connectivity index is 1.97. The zero-order valence-corrected chi connectivity index (χ0v) is 12.9. The van der Waals surface area contributed by atoms with E-state index < -0.39 is 29.7 Å². The third-order valence-corrected chi connectivity index (χ3v) is 3.69. The number of carbonyl (C=O) groups is 4. The van der Waals surface area contributed by atoms with Crippen LogP contribution in [0.15, 0.2) is 24.3 Å². The zero-order chi connectivity index (χ0) is 17.1. The zero-order valence-electron chi connectivity index (χ0n) is 12.9. The summed E-state index contributed by atoms with van der Waals surface area (Å²) < 4.78 is 0. The lowest BCUT2D eigenvalue weighted by Gasteiger charge is -2.19. The van der Waals surface area contributed by atoms with Gasteiger partial charge >= 0.3 is 5.97 Å². The van der Waals surface area contributed by atoms with Gasteiger partial charge in [-0.25, -0.2) is 4.79 Å². The van der Waals surface area contributed by atoms with E-state index in [0.717, 1.165) is 4.90 Å². The predicted molar refractivity (Wildman–Crippen MR) is 80.8 cm³/mol. The van der Waals surface area contributed by atoms with Crippen LogP contribution in [0.25, 0.3) is 0 Å². The number of nitrogens with zero attached hydrogens (tertiary/aromatic N) is 1. The maximum atomic E-state index is 12.1. The van der Waals surface area contributed by atoms with Crippen molar-refractivity contribution in [2.24, 2.45) is 5.92 Å². The van der Waals surface area contributed by atoms with E-state index in [0.29, 0.717) is 11.1 Å². The standard InChI is InChI=1S/C16H18N2O5/c1-9(2)13(16(22)23)17-12(19)7-8-18-14(20)10-5-3-4-6-11(10)15(18)21/h3-6,9,13H,7-8H2,1-2H3,(H,17,19)(H,22,23)/t13-/m1/s1. The normalized spacial score (nSPS) is 14.8. The molecule has 0 saturated carbocycles. The Morgan fingerprint density at radius 1 is 1.13 bits per heavy atom. The molecule has 3 amide bonds. The van der Waals surface area contributed by atoms with Gasteiger partial charge in [-0.15, -0.1) is 0 Å². The number of carboxylic acids is 1. The molecule has 0 saturated heterocycles. The lowest BCUT2D eigenvalue weighted by atomic mass is 10.0. The molecule has 0 spiro atoms. The molecular formula is C16H18N2O5. The lowest BCUT2D eigenvalue weighted by molar-refractivity contribution is -0.143. The second kappa shape index (κ2) is 6.60. The highest BCUT2D eigenvalue weighted by Gasteiger charge is 2.35. The Morgan fingerprint density at radius 3 is 2.09 bits per heavy atom. The van der Waals surface area contributed by atoms with Gasteiger partial charge in [0.25, 0.3) is 11.8 Å². The van der Waals surface area contributed by atoms with Gasteiger partial charge in [-0.05, 0) is 18.1 Å². The highest BCUT2D eigenvalue weighted by Crippen LogP contribution is 2.22. The van der Waals surface area contributed by atoms with E-state index in [2.05, 4.69) is 5.32 Å². The lowest BCUT2D eigenvalue weighted by Crippen LogP contribution is -2.45. The molecule has 7 nitrogen and oxygen atoms in total. The minimum absolute atomic E-state index is 0.0807. The minimum Gasteiger partial charge on any atom is -0.480 e. The first-order valence-corrected chi connectivity index (χ1v) is 7.30. The van der Waals surface area contributed by atoms with Crippen LogP contribution in [0.3, 0.4) is 0 Å². The fraction of sp³-hybridized carbons (Fsp3) is 0.375. The number of fused-ring (bicyclic) bond motifs is 1. The topological polar surface area (TPSA) is 104 Å². The SMILES string of the molecule is CC(C)[C@@H](NC(=O)CCN1C(=O)c2ccccc2C1=O)C(=O)O. The van der Waals surface area contributed by atoms with Crippen LogP contribution in [-0.4, -0.2) is 46.3 Å². The molecule has 1 aliphatic heterocycles. The van der Waals surface area contributed by atoms with Crippen LogP contribution in [0.4, 0.5) is 0 Å². The van der Waals surface area contributed by atoms with Crippen LogP contribution < -0.4 is 5.32 Å². The molecule has 1 heterocycles. The van der Waals surface area contributed by atoms with Crippen molar-refractivity contribution in [1.29, 1.82) is 0 Å². The average Bonchev–Trinajstić information content (AvgIpc) is 2.74. The second-order valence-electron chi connectivity index (χ2n) is 5.68. The number of imide groups is 1. The molecule has 122 valence electrons. The van der Waals surface area contributed by atoms with E-state index in [-0.39, 0.29) is 18.9 Å². The first kappa shape index (κ1) is 16.7. The van der Waals surface area contributed by atoms with E-state index in [4.69, 9.17) is 5.11 Å². The highest BCUT2D eigenvalue weighted by molar-refractivity contribution is 6.21. The third kappa shape index (κ3) is 3.39. The Bertz CT molecular complexity index is 633. The largest absolute Gasteiger partial charge is 0.480 e. The van der Waals surface area contributed by atoms with Crippen LogP contribution in [0.1, 0.15) is 41.0 Å². The fourth-order valence-electron chi connectivity index (χ4n) is 2.41. The van der Waals surface area contributed by atoms with Crippen molar-refractivity contribution in [2.45, 2.75) is 26.3 Å². The van der Waals surface area contributed by atoms with Crippen molar-refractivity contribution in [3.63, 3.8) is 0 Å². The minimum atomic E-state index is -1.12. The summed E-state index contributed by atoms with van der Waals surface area (Å²) >= 11 is 0. The van der Waals surface area contributed by atoms with Crippen molar-refractivity contribution in [1.82, 2.24) is 10.2 Å². The molecule has 7 heteroatoms. The summed E-state index contributed by atoms with van der Waals surface area (Å²) in [7, 11) is 0. The number of benzene rings is 1. The summed E-state index contributed by atoms with van der Waals surface area (Å²) in [6, 6.07) is 5.47. The number of aliphatic carboxylic acids is 1. The quantitative estimate of drug-likeness (QED) is 0.758. The monoisotopic (exact) mass is 318 g/mol. The van der Waals surface area contributed by atoms with Gasteiger partial charge in [-0.2, -0.15) is 0 Å². The molecule has 2 rings (SSSR count). The van der Waals surface area contributed by atoms with Gasteiger partial charge in [-0.3, -0.25) is 19.3 Å². The van der Waals surface area contributed by atoms with Crippen molar-refractivity contribution in [3.05, 3.63) is 35.4 Å². The number of carbonyl (C=O) groups excluding carboxylic acids is 3. The highest BCUT2D eigenvalue weighted by atomic mass is 16.4. The summed E-state index contributed by atoms with van der Waals surface area (Å²) in [4.78, 5) is 48.2. The maximum Gasteiger partial charge on any atom is 0.326 e. The maximum absolute atomic E-state index is 12.1. The molecule has 0 fully saturated rings. The second-order valence-corrected chi connectivity index (χ2v) is 5.68. The summed E-state index contributed by atoms with van der Waals surface area (Å²) in [5.41, 5.74) is 0.645. The summed E-state index contributed by atoms with van der Waals surface area (Å²) in [6.07, 6.45) is -0.137. The molecule has 0 radical (unpaired) electrons. The molecule has 1 aromatic rings. The Hall–Kier alpha value is -2.70. The Labute approximate surface area is 133 Å². The van der Waals surface area contributed by atoms with Crippen LogP contribution in [0, 0.1) is 5.92 Å². The van der Waals surface area contributed by atoms with Gasteiger partial charge in [0.05, 0.1) is 11.1 Å². The van der Waals surface area contributed by atoms with Gasteiger partial charge in [-0.1, -0.05) is 26.0 Å². The fourth-order valence-corrected chi connectivity index (χ4v) is 2.41. The molecule has 23 heavy (non-hydrogen) atoms. The average molecular weight is 318 g/mol. The van der Waals surface area contributed by atoms with E-state index in [1.807, 2.05) is 0 Å². The van der Waals surface area contributed by atoms with Crippen LogP contribution >= 0.6 is 0 Å². The predicted octanol–water partition coefficient (Wildman–Crippen LogP) is 0.898. The first-order valence-electron chi connectivity index (χ1n) is 7.30. The molecule has 1 aromatic carbocycles. The number of amides is 3. The van der Waals surface area contributed by atoms with E-state index in [1.54, 1.807) is 38.1 Å². The van der Waals surface area contributed by atoms with Gasteiger partial charge in [0.15, 0.2) is 0 Å². The van der Waals surface area contributed by atoms with Crippen molar-refractivity contribution in [3.8, 4) is 0 Å². The van der Waals surface area contributed by atoms with E-state index in [9.17, 15) is 19.2 Å². The Morgan fingerprint density at radius 2 is 1.65 bits per heavy atom. The third-order valence-electron chi connectivity index (χ3n) is 3.69. The molecule has 1 atom stereocenters. The van der Waals surface area contributed by atoms with Gasteiger partial charge < -0.3 is 10.4 Å². The number of hydrogen-bond donors (Lipinski definition) is 2. The van der Waals surface area contributed by atoms with Crippen molar-refractivity contribution >= 4 is 23.7 Å². The number of nitrogens with one attached hydrogen (secondary N) is 1. The number of carboxylic acid groups (broad SMARTS) is 1. The number of rotatable bonds is 6. The van der Waals surface area contributed by atoms with Gasteiger partial charge in [0.1, 0.15) is 6.04 Å². The van der Waals surface area contributed by atoms with Gasteiger partial charge in [0, 0.05) is 13.0 Å². The van der Waals surface area contributed by atoms with Crippen molar-refractivity contribution < 1.29 is 24.3 Å².